The molecule has 158 valence electrons. The highest BCUT2D eigenvalue weighted by Crippen LogP contribution is 2.34. The van der Waals surface area contributed by atoms with Gasteiger partial charge >= 0.3 is 0 Å². The van der Waals surface area contributed by atoms with Crippen molar-refractivity contribution in [3.05, 3.63) is 66.1 Å². The van der Waals surface area contributed by atoms with E-state index in [1.54, 1.807) is 7.05 Å². The van der Waals surface area contributed by atoms with Crippen LogP contribution in [-0.2, 0) is 16.6 Å². The van der Waals surface area contributed by atoms with Crippen LogP contribution in [-0.4, -0.2) is 31.0 Å². The van der Waals surface area contributed by atoms with Crippen molar-refractivity contribution in [2.75, 3.05) is 13.7 Å². The van der Waals surface area contributed by atoms with Crippen LogP contribution >= 0.6 is 0 Å². The molecule has 1 N–H and O–H groups in total. The van der Waals surface area contributed by atoms with Crippen LogP contribution in [0, 0.1) is 17.6 Å². The first-order valence-corrected chi connectivity index (χ1v) is 11.0. The molecule has 0 spiro atoms. The van der Waals surface area contributed by atoms with Crippen molar-refractivity contribution < 1.29 is 21.9 Å². The van der Waals surface area contributed by atoms with Crippen molar-refractivity contribution in [1.29, 1.82) is 0 Å². The standard InChI is InChI=1S/C21H21F2N3O3S/c1-24-10-15-12-26(30(27,28)17-3-2-8-25-11-17)21(20(15)23)18-7-6-16(9-19(18)22)29-13-14-4-5-14/h2-3,6-9,11-12,14,24H,4-5,10,13H2,1H3. The van der Waals surface area contributed by atoms with E-state index in [1.165, 1.54) is 42.9 Å². The van der Waals surface area contributed by atoms with E-state index in [9.17, 15) is 12.8 Å². The van der Waals surface area contributed by atoms with Crippen LogP contribution in [0.2, 0.25) is 0 Å². The van der Waals surface area contributed by atoms with E-state index in [4.69, 9.17) is 4.74 Å². The summed E-state index contributed by atoms with van der Waals surface area (Å²) in [6, 6.07) is 6.84. The Hall–Kier alpha value is -2.78. The Morgan fingerprint density at radius 2 is 2.07 bits per heavy atom. The number of ether oxygens (including phenoxy) is 1. The highest BCUT2D eigenvalue weighted by molar-refractivity contribution is 7.90. The van der Waals surface area contributed by atoms with Crippen molar-refractivity contribution in [1.82, 2.24) is 14.3 Å². The lowest BCUT2D eigenvalue weighted by molar-refractivity contribution is 0.298. The Morgan fingerprint density at radius 1 is 1.27 bits per heavy atom. The largest absolute Gasteiger partial charge is 0.493 e. The molecule has 0 amide bonds. The molecule has 1 aliphatic carbocycles. The predicted octanol–water partition coefficient (Wildman–Crippen LogP) is 3.57. The molecule has 30 heavy (non-hydrogen) atoms. The first kappa shape index (κ1) is 20.5. The van der Waals surface area contributed by atoms with Crippen molar-refractivity contribution in [2.24, 2.45) is 5.92 Å². The van der Waals surface area contributed by atoms with Gasteiger partial charge in [0.05, 0.1) is 6.61 Å². The maximum atomic E-state index is 15.2. The number of halogens is 2. The zero-order chi connectivity index (χ0) is 21.3. The van der Waals surface area contributed by atoms with Gasteiger partial charge in [0.1, 0.15) is 22.2 Å². The van der Waals surface area contributed by atoms with E-state index in [-0.39, 0.29) is 28.3 Å². The third-order valence-electron chi connectivity index (χ3n) is 4.92. The van der Waals surface area contributed by atoms with Crippen molar-refractivity contribution >= 4 is 10.0 Å². The van der Waals surface area contributed by atoms with Gasteiger partial charge in [0.25, 0.3) is 10.0 Å². The summed E-state index contributed by atoms with van der Waals surface area (Å²) in [4.78, 5) is 3.70. The molecular formula is C21H21F2N3O3S. The fourth-order valence-electron chi connectivity index (χ4n) is 3.14. The van der Waals surface area contributed by atoms with Crippen molar-refractivity contribution in [3.63, 3.8) is 0 Å². The Morgan fingerprint density at radius 3 is 2.70 bits per heavy atom. The fraction of sp³-hybridized carbons (Fsp3) is 0.286. The number of benzene rings is 1. The van der Waals surface area contributed by atoms with Gasteiger partial charge in [-0.3, -0.25) is 4.98 Å². The third-order valence-corrected chi connectivity index (χ3v) is 6.56. The molecule has 1 saturated carbocycles. The number of hydrogen-bond donors (Lipinski definition) is 1. The lowest BCUT2D eigenvalue weighted by Crippen LogP contribution is -2.14. The first-order chi connectivity index (χ1) is 14.4. The molecule has 3 aromatic rings. The van der Waals surface area contributed by atoms with Gasteiger partial charge in [0.2, 0.25) is 0 Å². The van der Waals surface area contributed by atoms with E-state index in [0.717, 1.165) is 22.9 Å². The van der Waals surface area contributed by atoms with Crippen LogP contribution in [0.25, 0.3) is 11.3 Å². The minimum Gasteiger partial charge on any atom is -0.493 e. The van der Waals surface area contributed by atoms with Gasteiger partial charge in [0, 0.05) is 42.3 Å². The lowest BCUT2D eigenvalue weighted by Gasteiger charge is -2.12. The average molecular weight is 433 g/mol. The zero-order valence-corrected chi connectivity index (χ0v) is 17.1. The van der Waals surface area contributed by atoms with Crippen molar-refractivity contribution in [2.45, 2.75) is 24.3 Å². The van der Waals surface area contributed by atoms with Gasteiger partial charge < -0.3 is 10.1 Å². The summed E-state index contributed by atoms with van der Waals surface area (Å²) in [5.41, 5.74) is -0.426. The summed E-state index contributed by atoms with van der Waals surface area (Å²) < 4.78 is 62.8. The summed E-state index contributed by atoms with van der Waals surface area (Å²) in [5.74, 6) is -0.746. The first-order valence-electron chi connectivity index (χ1n) is 9.54. The number of nitrogens with one attached hydrogen (secondary N) is 1. The highest BCUT2D eigenvalue weighted by atomic mass is 32.2. The van der Waals surface area contributed by atoms with E-state index < -0.39 is 21.7 Å². The summed E-state index contributed by atoms with van der Waals surface area (Å²) in [6.45, 7) is 0.587. The number of hydrogen-bond acceptors (Lipinski definition) is 5. The van der Waals surface area contributed by atoms with Gasteiger partial charge in [-0.05, 0) is 50.1 Å². The van der Waals surface area contributed by atoms with Gasteiger partial charge in [-0.2, -0.15) is 0 Å². The predicted molar refractivity (Wildman–Crippen MR) is 108 cm³/mol. The quantitative estimate of drug-likeness (QED) is 0.588. The molecule has 2 aromatic heterocycles. The maximum Gasteiger partial charge on any atom is 0.269 e. The Bertz CT molecular complexity index is 1160. The van der Waals surface area contributed by atoms with Crippen LogP contribution in [0.3, 0.4) is 0 Å². The monoisotopic (exact) mass is 433 g/mol. The zero-order valence-electron chi connectivity index (χ0n) is 16.3. The molecule has 9 heteroatoms. The second kappa shape index (κ2) is 8.16. The van der Waals surface area contributed by atoms with E-state index >= 15 is 4.39 Å². The summed E-state index contributed by atoms with van der Waals surface area (Å²) in [6.07, 6.45) is 5.96. The molecule has 0 aliphatic heterocycles. The molecular weight excluding hydrogens is 412 g/mol. The molecule has 0 radical (unpaired) electrons. The highest BCUT2D eigenvalue weighted by Gasteiger charge is 2.28. The lowest BCUT2D eigenvalue weighted by atomic mass is 10.1. The molecule has 0 bridgehead atoms. The summed E-state index contributed by atoms with van der Waals surface area (Å²) >= 11 is 0. The second-order valence-corrected chi connectivity index (χ2v) is 9.05. The Kier molecular flexibility index (Phi) is 5.57. The Balaban J connectivity index is 1.81. The molecule has 1 aromatic carbocycles. The second-order valence-electron chi connectivity index (χ2n) is 7.23. The number of aromatic nitrogens is 2. The van der Waals surface area contributed by atoms with Crippen LogP contribution in [0.15, 0.2) is 53.8 Å². The molecule has 1 aliphatic rings. The molecule has 1 fully saturated rings. The molecule has 0 atom stereocenters. The van der Waals surface area contributed by atoms with Crippen molar-refractivity contribution in [3.8, 4) is 17.0 Å². The third kappa shape index (κ3) is 3.95. The number of rotatable bonds is 8. The SMILES string of the molecule is CNCc1cn(S(=O)(=O)c2cccnc2)c(-c2ccc(OCC3CC3)cc2F)c1F. The molecule has 2 heterocycles. The molecule has 0 saturated heterocycles. The maximum absolute atomic E-state index is 15.2. The molecule has 6 nitrogen and oxygen atoms in total. The van der Waals surface area contributed by atoms with E-state index in [0.29, 0.717) is 18.3 Å². The fourth-order valence-corrected chi connectivity index (χ4v) is 4.50. The van der Waals surface area contributed by atoms with Crippen LogP contribution in [0.4, 0.5) is 8.78 Å². The van der Waals surface area contributed by atoms with Gasteiger partial charge in [0.15, 0.2) is 5.82 Å². The molecule has 0 unspecified atom stereocenters. The minimum atomic E-state index is -4.19. The van der Waals surface area contributed by atoms with Crippen LogP contribution in [0.1, 0.15) is 18.4 Å². The molecule has 4 rings (SSSR count). The van der Waals surface area contributed by atoms with E-state index in [1.807, 2.05) is 0 Å². The number of pyridine rings is 1. The minimum absolute atomic E-state index is 0.0819. The average Bonchev–Trinajstić information content (AvgIpc) is 3.51. The van der Waals surface area contributed by atoms with E-state index in [2.05, 4.69) is 10.3 Å². The van der Waals surface area contributed by atoms with Gasteiger partial charge in [-0.1, -0.05) is 0 Å². The van der Waals surface area contributed by atoms with Gasteiger partial charge in [-0.15, -0.1) is 0 Å². The summed E-state index contributed by atoms with van der Waals surface area (Å²) in [7, 11) is -2.58. The normalized spacial score (nSPS) is 14.1. The van der Waals surface area contributed by atoms with Crippen LogP contribution < -0.4 is 10.1 Å². The summed E-state index contributed by atoms with van der Waals surface area (Å²) in [5, 5.41) is 2.79. The number of nitrogens with zero attached hydrogens (tertiary/aromatic N) is 2. The van der Waals surface area contributed by atoms with Gasteiger partial charge in [-0.25, -0.2) is 21.2 Å². The Labute approximate surface area is 173 Å². The topological polar surface area (TPSA) is 73.2 Å². The smallest absolute Gasteiger partial charge is 0.269 e. The van der Waals surface area contributed by atoms with Crippen LogP contribution in [0.5, 0.6) is 5.75 Å².